The van der Waals surface area contributed by atoms with Crippen LogP contribution in [0.5, 0.6) is 0 Å². The summed E-state index contributed by atoms with van der Waals surface area (Å²) < 4.78 is 13.9. The molecule has 0 bridgehead atoms. The third kappa shape index (κ3) is 2.54. The van der Waals surface area contributed by atoms with Crippen molar-refractivity contribution in [1.82, 2.24) is 9.97 Å². The highest BCUT2D eigenvalue weighted by Crippen LogP contribution is 2.28. The summed E-state index contributed by atoms with van der Waals surface area (Å²) in [5.74, 6) is 0.107. The van der Waals surface area contributed by atoms with Crippen LogP contribution in [-0.2, 0) is 6.42 Å². The first kappa shape index (κ1) is 12.2. The third-order valence-electron chi connectivity index (χ3n) is 3.41. The number of hydrogen-bond donors (Lipinski definition) is 2. The number of halogens is 1. The minimum atomic E-state index is -0.362. The molecule has 5 heteroatoms. The van der Waals surface area contributed by atoms with E-state index in [-0.39, 0.29) is 30.2 Å². The zero-order valence-electron chi connectivity index (χ0n) is 9.99. The number of anilines is 1. The van der Waals surface area contributed by atoms with Crippen molar-refractivity contribution in [2.45, 2.75) is 38.6 Å². The van der Waals surface area contributed by atoms with Gasteiger partial charge in [0.15, 0.2) is 11.6 Å². The van der Waals surface area contributed by atoms with E-state index in [2.05, 4.69) is 15.3 Å². The van der Waals surface area contributed by atoms with Crippen molar-refractivity contribution in [2.24, 2.45) is 5.92 Å². The number of hydrogen-bond acceptors (Lipinski definition) is 4. The monoisotopic (exact) mass is 239 g/mol. The van der Waals surface area contributed by atoms with Crippen LogP contribution in [0.15, 0.2) is 6.33 Å². The average Bonchev–Trinajstić information content (AvgIpc) is 2.79. The van der Waals surface area contributed by atoms with Gasteiger partial charge in [-0.25, -0.2) is 14.4 Å². The van der Waals surface area contributed by atoms with Gasteiger partial charge < -0.3 is 10.4 Å². The molecule has 17 heavy (non-hydrogen) atoms. The van der Waals surface area contributed by atoms with Crippen LogP contribution in [0.2, 0.25) is 0 Å². The predicted octanol–water partition coefficient (Wildman–Crippen LogP) is 1.75. The van der Waals surface area contributed by atoms with Gasteiger partial charge in [0.1, 0.15) is 6.33 Å². The minimum absolute atomic E-state index is 0.120. The summed E-state index contributed by atoms with van der Waals surface area (Å²) in [6.07, 6.45) is 4.94. The normalized spacial score (nSPS) is 23.9. The standard InChI is InChI=1S/C12H18FN3O/c1-2-9-11(13)12(15-7-14-9)16-10-5-3-4-8(10)6-17/h7-8,10,17H,2-6H2,1H3,(H,14,15,16). The number of aliphatic hydroxyl groups is 1. The lowest BCUT2D eigenvalue weighted by Crippen LogP contribution is -2.27. The van der Waals surface area contributed by atoms with Crippen LogP contribution < -0.4 is 5.32 Å². The number of nitrogens with zero attached hydrogens (tertiary/aromatic N) is 2. The molecule has 0 aliphatic heterocycles. The molecule has 1 aromatic heterocycles. The Morgan fingerprint density at radius 2 is 2.29 bits per heavy atom. The van der Waals surface area contributed by atoms with Crippen LogP contribution in [0.1, 0.15) is 31.9 Å². The van der Waals surface area contributed by atoms with E-state index in [9.17, 15) is 9.50 Å². The van der Waals surface area contributed by atoms with Crippen molar-refractivity contribution in [3.63, 3.8) is 0 Å². The molecule has 1 aromatic rings. The number of nitrogens with one attached hydrogen (secondary N) is 1. The van der Waals surface area contributed by atoms with E-state index in [1.807, 2.05) is 6.92 Å². The fourth-order valence-electron chi connectivity index (χ4n) is 2.37. The quantitative estimate of drug-likeness (QED) is 0.840. The Bertz CT molecular complexity index is 386. The molecular formula is C12H18FN3O. The maximum atomic E-state index is 13.9. The second-order valence-electron chi connectivity index (χ2n) is 4.46. The second-order valence-corrected chi connectivity index (χ2v) is 4.46. The van der Waals surface area contributed by atoms with Gasteiger partial charge in [0.2, 0.25) is 0 Å². The number of aliphatic hydroxyl groups excluding tert-OH is 1. The predicted molar refractivity (Wildman–Crippen MR) is 63.2 cm³/mol. The van der Waals surface area contributed by atoms with Gasteiger partial charge >= 0.3 is 0 Å². The topological polar surface area (TPSA) is 58.0 Å². The van der Waals surface area contributed by atoms with E-state index in [0.29, 0.717) is 12.1 Å². The number of aromatic nitrogens is 2. The Morgan fingerprint density at radius 3 is 3.00 bits per heavy atom. The van der Waals surface area contributed by atoms with E-state index in [1.54, 1.807) is 0 Å². The highest BCUT2D eigenvalue weighted by atomic mass is 19.1. The molecule has 1 fully saturated rings. The highest BCUT2D eigenvalue weighted by molar-refractivity contribution is 5.38. The van der Waals surface area contributed by atoms with Gasteiger partial charge in [0, 0.05) is 18.6 Å². The van der Waals surface area contributed by atoms with Crippen LogP contribution in [0, 0.1) is 11.7 Å². The smallest absolute Gasteiger partial charge is 0.186 e. The SMILES string of the molecule is CCc1ncnc(NC2CCCC2CO)c1F. The Hall–Kier alpha value is -1.23. The number of rotatable bonds is 4. The molecule has 0 amide bonds. The fourth-order valence-corrected chi connectivity index (χ4v) is 2.37. The zero-order valence-corrected chi connectivity index (χ0v) is 9.99. The van der Waals surface area contributed by atoms with Crippen molar-refractivity contribution in [1.29, 1.82) is 0 Å². The lowest BCUT2D eigenvalue weighted by atomic mass is 10.1. The van der Waals surface area contributed by atoms with Crippen LogP contribution >= 0.6 is 0 Å². The number of aryl methyl sites for hydroxylation is 1. The van der Waals surface area contributed by atoms with Gasteiger partial charge in [0.25, 0.3) is 0 Å². The summed E-state index contributed by atoms with van der Waals surface area (Å²) in [7, 11) is 0. The van der Waals surface area contributed by atoms with Crippen LogP contribution in [0.25, 0.3) is 0 Å². The molecule has 0 aromatic carbocycles. The summed E-state index contributed by atoms with van der Waals surface area (Å²) in [6, 6.07) is 0.120. The van der Waals surface area contributed by atoms with Gasteiger partial charge in [-0.2, -0.15) is 0 Å². The Labute approximate surface area is 100 Å². The Balaban J connectivity index is 2.13. The molecule has 4 nitrogen and oxygen atoms in total. The summed E-state index contributed by atoms with van der Waals surface area (Å²) in [4.78, 5) is 7.84. The molecular weight excluding hydrogens is 221 g/mol. The maximum absolute atomic E-state index is 13.9. The summed E-state index contributed by atoms with van der Waals surface area (Å²) in [5, 5.41) is 12.3. The fraction of sp³-hybridized carbons (Fsp3) is 0.667. The van der Waals surface area contributed by atoms with Gasteiger partial charge in [-0.1, -0.05) is 13.3 Å². The molecule has 0 radical (unpaired) electrons. The largest absolute Gasteiger partial charge is 0.396 e. The molecule has 94 valence electrons. The summed E-state index contributed by atoms with van der Waals surface area (Å²) in [6.45, 7) is 2.01. The first-order valence-corrected chi connectivity index (χ1v) is 6.13. The van der Waals surface area contributed by atoms with Crippen LogP contribution in [-0.4, -0.2) is 27.7 Å². The molecule has 2 unspecified atom stereocenters. The van der Waals surface area contributed by atoms with E-state index in [4.69, 9.17) is 0 Å². The van der Waals surface area contributed by atoms with Gasteiger partial charge in [-0.05, 0) is 19.3 Å². The van der Waals surface area contributed by atoms with E-state index in [0.717, 1.165) is 19.3 Å². The Kier molecular flexibility index (Phi) is 3.89. The van der Waals surface area contributed by atoms with Gasteiger partial charge in [-0.15, -0.1) is 0 Å². The highest BCUT2D eigenvalue weighted by Gasteiger charge is 2.27. The van der Waals surface area contributed by atoms with E-state index >= 15 is 0 Å². The van der Waals surface area contributed by atoms with Crippen molar-refractivity contribution in [2.75, 3.05) is 11.9 Å². The molecule has 1 saturated carbocycles. The molecule has 0 spiro atoms. The molecule has 0 saturated heterocycles. The lowest BCUT2D eigenvalue weighted by Gasteiger charge is -2.20. The minimum Gasteiger partial charge on any atom is -0.396 e. The van der Waals surface area contributed by atoms with Crippen molar-refractivity contribution in [3.8, 4) is 0 Å². The molecule has 2 atom stereocenters. The lowest BCUT2D eigenvalue weighted by molar-refractivity contribution is 0.222. The third-order valence-corrected chi connectivity index (χ3v) is 3.41. The first-order chi connectivity index (χ1) is 8.26. The maximum Gasteiger partial charge on any atom is 0.186 e. The van der Waals surface area contributed by atoms with Crippen LogP contribution in [0.3, 0.4) is 0 Å². The molecule has 1 heterocycles. The van der Waals surface area contributed by atoms with Crippen molar-refractivity contribution >= 4 is 5.82 Å². The van der Waals surface area contributed by atoms with Crippen molar-refractivity contribution < 1.29 is 9.50 Å². The van der Waals surface area contributed by atoms with Crippen molar-refractivity contribution in [3.05, 3.63) is 17.8 Å². The summed E-state index contributed by atoms with van der Waals surface area (Å²) >= 11 is 0. The zero-order chi connectivity index (χ0) is 12.3. The van der Waals surface area contributed by atoms with E-state index < -0.39 is 0 Å². The van der Waals surface area contributed by atoms with E-state index in [1.165, 1.54) is 6.33 Å². The second kappa shape index (κ2) is 5.40. The first-order valence-electron chi connectivity index (χ1n) is 6.13. The van der Waals surface area contributed by atoms with Gasteiger partial charge in [-0.3, -0.25) is 0 Å². The Morgan fingerprint density at radius 1 is 1.47 bits per heavy atom. The molecule has 2 N–H and O–H groups in total. The van der Waals surface area contributed by atoms with Gasteiger partial charge in [0.05, 0.1) is 5.69 Å². The average molecular weight is 239 g/mol. The molecule has 2 rings (SSSR count). The van der Waals surface area contributed by atoms with Crippen LogP contribution in [0.4, 0.5) is 10.2 Å². The molecule has 1 aliphatic carbocycles. The summed E-state index contributed by atoms with van der Waals surface area (Å²) in [5.41, 5.74) is 0.432. The molecule has 1 aliphatic rings.